The molecule has 0 saturated carbocycles. The molecule has 0 aliphatic carbocycles. The smallest absolute Gasteiger partial charge is 0.0670 e. The van der Waals surface area contributed by atoms with Crippen molar-refractivity contribution in [2.24, 2.45) is 0 Å². The van der Waals surface area contributed by atoms with Crippen LogP contribution in [0.25, 0.3) is 10.9 Å². The zero-order valence-corrected chi connectivity index (χ0v) is 9.94. The zero-order valence-electron chi connectivity index (χ0n) is 9.94. The van der Waals surface area contributed by atoms with E-state index in [9.17, 15) is 0 Å². The molecule has 2 unspecified atom stereocenters. The topological polar surface area (TPSA) is 49.9 Å². The Hall–Kier alpha value is -1.55. The third-order valence-corrected chi connectivity index (χ3v) is 3.30. The lowest BCUT2D eigenvalue weighted by Gasteiger charge is -2.28. The van der Waals surface area contributed by atoms with E-state index in [0.717, 1.165) is 36.0 Å². The molecule has 0 spiro atoms. The summed E-state index contributed by atoms with van der Waals surface area (Å²) in [5.74, 6) is 0. The number of hydrogen-bond acceptors (Lipinski definition) is 3. The first kappa shape index (κ1) is 10.6. The van der Waals surface area contributed by atoms with Crippen LogP contribution < -0.4 is 5.32 Å². The standard InChI is InChI=1S/C13H17N3O/c1-9-6-12(4-5-17-9)15-11-3-2-10-8-14-16-13(10)7-11/h2-3,7-9,12,15H,4-6H2,1H3,(H,14,16). The van der Waals surface area contributed by atoms with Crippen LogP contribution in [0.1, 0.15) is 19.8 Å². The zero-order chi connectivity index (χ0) is 11.7. The van der Waals surface area contributed by atoms with Gasteiger partial charge in [-0.05, 0) is 38.0 Å². The van der Waals surface area contributed by atoms with E-state index in [-0.39, 0.29) is 0 Å². The van der Waals surface area contributed by atoms with Crippen molar-refractivity contribution >= 4 is 16.6 Å². The van der Waals surface area contributed by atoms with Gasteiger partial charge in [0.05, 0.1) is 17.8 Å². The predicted octanol–water partition coefficient (Wildman–Crippen LogP) is 2.54. The van der Waals surface area contributed by atoms with Crippen molar-refractivity contribution < 1.29 is 4.74 Å². The van der Waals surface area contributed by atoms with Crippen molar-refractivity contribution in [2.45, 2.75) is 31.9 Å². The number of anilines is 1. The van der Waals surface area contributed by atoms with Crippen LogP contribution in [0.15, 0.2) is 24.4 Å². The predicted molar refractivity (Wildman–Crippen MR) is 68.2 cm³/mol. The average Bonchev–Trinajstić information content (AvgIpc) is 2.76. The fourth-order valence-electron chi connectivity index (χ4n) is 2.39. The Balaban J connectivity index is 1.75. The molecule has 1 aliphatic rings. The number of nitrogens with zero attached hydrogens (tertiary/aromatic N) is 1. The monoisotopic (exact) mass is 231 g/mol. The molecule has 1 saturated heterocycles. The average molecular weight is 231 g/mol. The number of ether oxygens (including phenoxy) is 1. The van der Waals surface area contributed by atoms with Crippen LogP contribution in [0.5, 0.6) is 0 Å². The minimum atomic E-state index is 0.358. The van der Waals surface area contributed by atoms with Crippen LogP contribution in [0.3, 0.4) is 0 Å². The molecule has 0 amide bonds. The summed E-state index contributed by atoms with van der Waals surface area (Å²) in [5.41, 5.74) is 2.23. The molecule has 1 aromatic heterocycles. The molecule has 3 rings (SSSR count). The first-order valence-electron chi connectivity index (χ1n) is 6.12. The molecular weight excluding hydrogens is 214 g/mol. The Morgan fingerprint density at radius 1 is 1.47 bits per heavy atom. The van der Waals surface area contributed by atoms with Crippen molar-refractivity contribution in [3.05, 3.63) is 24.4 Å². The fourth-order valence-corrected chi connectivity index (χ4v) is 2.39. The minimum absolute atomic E-state index is 0.358. The molecule has 1 aliphatic heterocycles. The largest absolute Gasteiger partial charge is 0.382 e. The van der Waals surface area contributed by atoms with Crippen molar-refractivity contribution in [1.82, 2.24) is 10.2 Å². The first-order valence-corrected chi connectivity index (χ1v) is 6.12. The van der Waals surface area contributed by atoms with Crippen LogP contribution in [-0.4, -0.2) is 29.0 Å². The van der Waals surface area contributed by atoms with Gasteiger partial charge in [-0.1, -0.05) is 0 Å². The van der Waals surface area contributed by atoms with E-state index in [0.29, 0.717) is 12.1 Å². The molecular formula is C13H17N3O. The van der Waals surface area contributed by atoms with Crippen molar-refractivity contribution in [3.8, 4) is 0 Å². The Bertz CT molecular complexity index is 508. The normalized spacial score (nSPS) is 25.0. The van der Waals surface area contributed by atoms with Crippen LogP contribution >= 0.6 is 0 Å². The van der Waals surface area contributed by atoms with E-state index < -0.39 is 0 Å². The summed E-state index contributed by atoms with van der Waals surface area (Å²) in [7, 11) is 0. The fraction of sp³-hybridized carbons (Fsp3) is 0.462. The second-order valence-electron chi connectivity index (χ2n) is 4.72. The molecule has 1 aromatic carbocycles. The van der Waals surface area contributed by atoms with Gasteiger partial charge in [0.2, 0.25) is 0 Å². The van der Waals surface area contributed by atoms with Crippen LogP contribution in [0, 0.1) is 0 Å². The van der Waals surface area contributed by atoms with Gasteiger partial charge < -0.3 is 10.1 Å². The van der Waals surface area contributed by atoms with E-state index in [2.05, 4.69) is 40.6 Å². The van der Waals surface area contributed by atoms with Gasteiger partial charge in [0.1, 0.15) is 0 Å². The van der Waals surface area contributed by atoms with Gasteiger partial charge in [-0.3, -0.25) is 5.10 Å². The molecule has 2 atom stereocenters. The molecule has 2 N–H and O–H groups in total. The summed E-state index contributed by atoms with van der Waals surface area (Å²) < 4.78 is 5.55. The van der Waals surface area contributed by atoms with Gasteiger partial charge in [0.15, 0.2) is 0 Å². The number of aromatic nitrogens is 2. The van der Waals surface area contributed by atoms with E-state index >= 15 is 0 Å². The van der Waals surface area contributed by atoms with Gasteiger partial charge in [0, 0.05) is 23.7 Å². The molecule has 0 bridgehead atoms. The molecule has 90 valence electrons. The number of H-pyrrole nitrogens is 1. The van der Waals surface area contributed by atoms with Crippen LogP contribution in [0.2, 0.25) is 0 Å². The van der Waals surface area contributed by atoms with E-state index in [1.165, 1.54) is 0 Å². The SMILES string of the molecule is CC1CC(Nc2ccc3cn[nH]c3c2)CCO1. The highest BCUT2D eigenvalue weighted by Gasteiger charge is 2.18. The van der Waals surface area contributed by atoms with Crippen molar-refractivity contribution in [1.29, 1.82) is 0 Å². The number of benzene rings is 1. The molecule has 4 nitrogen and oxygen atoms in total. The number of hydrogen-bond donors (Lipinski definition) is 2. The molecule has 2 heterocycles. The summed E-state index contributed by atoms with van der Waals surface area (Å²) in [6.45, 7) is 2.98. The van der Waals surface area contributed by atoms with Gasteiger partial charge in [-0.2, -0.15) is 5.10 Å². The van der Waals surface area contributed by atoms with Gasteiger partial charge in [-0.15, -0.1) is 0 Å². The van der Waals surface area contributed by atoms with Gasteiger partial charge in [0.25, 0.3) is 0 Å². The van der Waals surface area contributed by atoms with Crippen molar-refractivity contribution in [2.75, 3.05) is 11.9 Å². The second-order valence-corrected chi connectivity index (χ2v) is 4.72. The quantitative estimate of drug-likeness (QED) is 0.835. The van der Waals surface area contributed by atoms with Crippen LogP contribution in [-0.2, 0) is 4.74 Å². The highest BCUT2D eigenvalue weighted by atomic mass is 16.5. The summed E-state index contributed by atoms with van der Waals surface area (Å²) in [6.07, 6.45) is 4.35. The summed E-state index contributed by atoms with van der Waals surface area (Å²) in [4.78, 5) is 0. The third kappa shape index (κ3) is 2.26. The number of nitrogens with one attached hydrogen (secondary N) is 2. The molecule has 1 fully saturated rings. The Labute approximate surface area is 100 Å². The maximum Gasteiger partial charge on any atom is 0.0670 e. The highest BCUT2D eigenvalue weighted by Crippen LogP contribution is 2.21. The molecule has 17 heavy (non-hydrogen) atoms. The van der Waals surface area contributed by atoms with Gasteiger partial charge >= 0.3 is 0 Å². The van der Waals surface area contributed by atoms with E-state index in [1.807, 2.05) is 6.20 Å². The first-order chi connectivity index (χ1) is 8.31. The summed E-state index contributed by atoms with van der Waals surface area (Å²) >= 11 is 0. The Morgan fingerprint density at radius 2 is 2.41 bits per heavy atom. The molecule has 0 radical (unpaired) electrons. The van der Waals surface area contributed by atoms with Gasteiger partial charge in [-0.25, -0.2) is 0 Å². The lowest BCUT2D eigenvalue weighted by Crippen LogP contribution is -2.32. The highest BCUT2D eigenvalue weighted by molar-refractivity contribution is 5.81. The Morgan fingerprint density at radius 3 is 3.29 bits per heavy atom. The third-order valence-electron chi connectivity index (χ3n) is 3.30. The number of aromatic amines is 1. The molecule has 4 heteroatoms. The van der Waals surface area contributed by atoms with Crippen molar-refractivity contribution in [3.63, 3.8) is 0 Å². The summed E-state index contributed by atoms with van der Waals surface area (Å²) in [5, 5.41) is 11.7. The number of fused-ring (bicyclic) bond motifs is 1. The summed E-state index contributed by atoms with van der Waals surface area (Å²) in [6, 6.07) is 6.82. The lowest BCUT2D eigenvalue weighted by molar-refractivity contribution is 0.0232. The lowest BCUT2D eigenvalue weighted by atomic mass is 10.0. The van der Waals surface area contributed by atoms with E-state index in [4.69, 9.17) is 4.74 Å². The maximum atomic E-state index is 5.55. The number of rotatable bonds is 2. The minimum Gasteiger partial charge on any atom is -0.382 e. The van der Waals surface area contributed by atoms with Crippen LogP contribution in [0.4, 0.5) is 5.69 Å². The van der Waals surface area contributed by atoms with E-state index in [1.54, 1.807) is 0 Å². The Kier molecular flexibility index (Phi) is 2.73. The second kappa shape index (κ2) is 4.37. The maximum absolute atomic E-state index is 5.55. The molecule has 2 aromatic rings.